The molecule has 3 fully saturated rings. The molecule has 3 aliphatic heterocycles. The summed E-state index contributed by atoms with van der Waals surface area (Å²) < 4.78 is 47.5. The van der Waals surface area contributed by atoms with Gasteiger partial charge in [0.15, 0.2) is 5.13 Å². The Morgan fingerprint density at radius 1 is 1.02 bits per heavy atom. The molecule has 0 unspecified atom stereocenters. The molecule has 296 valence electrons. The molecular weight excluding hydrogens is 760 g/mol. The van der Waals surface area contributed by atoms with Crippen LogP contribution in [0.5, 0.6) is 0 Å². The number of carbonyl (C=O) groups is 4. The average Bonchev–Trinajstić information content (AvgIpc) is 4.07. The molecule has 4 heterocycles. The summed E-state index contributed by atoms with van der Waals surface area (Å²) in [7, 11) is -3.89. The molecule has 2 aliphatic carbocycles. The van der Waals surface area contributed by atoms with Gasteiger partial charge in [0.2, 0.25) is 21.8 Å². The number of hydrogen-bond donors (Lipinski definition) is 3. The number of aromatic nitrogens is 1. The maximum absolute atomic E-state index is 14.7. The molecule has 16 heteroatoms. The molecule has 56 heavy (non-hydrogen) atoms. The Bertz CT molecular complexity index is 2140. The van der Waals surface area contributed by atoms with Crippen LogP contribution >= 0.6 is 11.3 Å². The van der Waals surface area contributed by atoms with E-state index in [2.05, 4.69) is 20.3 Å². The van der Waals surface area contributed by atoms with Gasteiger partial charge in [-0.15, -0.1) is 11.3 Å². The number of nitrogens with one attached hydrogen (secondary N) is 3. The van der Waals surface area contributed by atoms with Crippen molar-refractivity contribution in [1.29, 1.82) is 0 Å². The number of hydrogen-bond acceptors (Lipinski definition) is 10. The third-order valence-electron chi connectivity index (χ3n) is 11.4. The van der Waals surface area contributed by atoms with Crippen molar-refractivity contribution < 1.29 is 36.7 Å². The Balaban J connectivity index is 1.05. The molecule has 0 spiro atoms. The van der Waals surface area contributed by atoms with Crippen molar-refractivity contribution in [3.63, 3.8) is 0 Å². The van der Waals surface area contributed by atoms with Crippen molar-refractivity contribution in [3.8, 4) is 11.3 Å². The van der Waals surface area contributed by atoms with Crippen LogP contribution in [-0.4, -0.2) is 89.1 Å². The lowest BCUT2D eigenvalue weighted by molar-refractivity contribution is -0.140. The normalized spacial score (nSPS) is 27.4. The van der Waals surface area contributed by atoms with Crippen molar-refractivity contribution >= 4 is 50.3 Å². The highest BCUT2D eigenvalue weighted by Gasteiger charge is 2.62. The van der Waals surface area contributed by atoms with E-state index in [1.807, 2.05) is 41.8 Å². The zero-order chi connectivity index (χ0) is 39.0. The summed E-state index contributed by atoms with van der Waals surface area (Å²) in [4.78, 5) is 64.1. The van der Waals surface area contributed by atoms with Gasteiger partial charge in [-0.2, -0.15) is 0 Å². The van der Waals surface area contributed by atoms with Crippen LogP contribution in [0.4, 0.5) is 14.3 Å². The first-order chi connectivity index (χ1) is 27.0. The van der Waals surface area contributed by atoms with E-state index in [0.717, 1.165) is 24.0 Å². The first kappa shape index (κ1) is 38.1. The minimum Gasteiger partial charge on any atom is -0.444 e. The number of halogens is 1. The lowest BCUT2D eigenvalue weighted by Crippen LogP contribution is -2.57. The summed E-state index contributed by atoms with van der Waals surface area (Å²) in [5.74, 6) is -2.59. The number of allylic oxidation sites excluding steroid dienone is 1. The van der Waals surface area contributed by atoms with Gasteiger partial charge in [-0.3, -0.25) is 19.1 Å². The molecule has 13 nitrogen and oxygen atoms in total. The highest BCUT2D eigenvalue weighted by molar-refractivity contribution is 7.91. The maximum Gasteiger partial charge on any atom is 0.410 e. The lowest BCUT2D eigenvalue weighted by atomic mass is 10.0. The fourth-order valence-electron chi connectivity index (χ4n) is 7.96. The maximum atomic E-state index is 14.7. The summed E-state index contributed by atoms with van der Waals surface area (Å²) in [6.07, 6.45) is 7.76. The van der Waals surface area contributed by atoms with E-state index in [9.17, 15) is 32.0 Å². The van der Waals surface area contributed by atoms with E-state index < -0.39 is 62.8 Å². The smallest absolute Gasteiger partial charge is 0.410 e. The predicted octanol–water partition coefficient (Wildman–Crippen LogP) is 4.90. The van der Waals surface area contributed by atoms with Crippen molar-refractivity contribution in [3.05, 3.63) is 83.0 Å². The quantitative estimate of drug-likeness (QED) is 0.282. The molecule has 2 aromatic carbocycles. The largest absolute Gasteiger partial charge is 0.444 e. The van der Waals surface area contributed by atoms with Crippen LogP contribution < -0.4 is 15.4 Å². The summed E-state index contributed by atoms with van der Waals surface area (Å²) in [6, 6.07) is 12.0. The molecule has 2 saturated carbocycles. The number of ether oxygens (including phenoxy) is 1. The number of nitrogens with zero attached hydrogens (tertiary/aromatic N) is 3. The standard InChI is InChI=1S/C40H45FN6O7S2/c41-29-14-12-26(13-15-29)33-24-55-38(43-33)42-32-11-5-3-1-2-4-10-28-21-40(28,37(50)45-56(52,53)31-16-17-31)44-35(48)34-20-30(23-47(34)36(32)49)54-39(51)46-19-18-25-8-6-7-9-27(25)22-46/h4,6-10,12-15,24,28,30-32,34H,1-3,5,11,16-23H2,(H,42,43)(H,44,48)(H,45,50)/b10-4-/t28-,30-,32+,34+,40-/m1/s1. The molecule has 0 bridgehead atoms. The number of thiazole rings is 1. The van der Waals surface area contributed by atoms with Crippen molar-refractivity contribution in [2.75, 3.05) is 18.4 Å². The molecule has 3 N–H and O–H groups in total. The summed E-state index contributed by atoms with van der Waals surface area (Å²) >= 11 is 1.30. The molecular formula is C40H45FN6O7S2. The second-order valence-electron chi connectivity index (χ2n) is 15.4. The fraction of sp³-hybridized carbons (Fsp3) is 0.475. The molecule has 1 saturated heterocycles. The van der Waals surface area contributed by atoms with Gasteiger partial charge in [0.1, 0.15) is 29.5 Å². The molecule has 0 radical (unpaired) electrons. The third kappa shape index (κ3) is 8.17. The Morgan fingerprint density at radius 3 is 2.59 bits per heavy atom. The molecule has 5 atom stereocenters. The zero-order valence-corrected chi connectivity index (χ0v) is 32.5. The van der Waals surface area contributed by atoms with E-state index in [-0.39, 0.29) is 31.1 Å². The Labute approximate surface area is 329 Å². The first-order valence-corrected chi connectivity index (χ1v) is 21.8. The van der Waals surface area contributed by atoms with Gasteiger partial charge in [-0.05, 0) is 80.3 Å². The van der Waals surface area contributed by atoms with Crippen LogP contribution in [0.1, 0.15) is 68.9 Å². The molecule has 8 rings (SSSR count). The van der Waals surface area contributed by atoms with Crippen molar-refractivity contribution in [2.24, 2.45) is 5.92 Å². The van der Waals surface area contributed by atoms with E-state index in [1.165, 1.54) is 33.9 Å². The lowest BCUT2D eigenvalue weighted by Gasteiger charge is -2.30. The van der Waals surface area contributed by atoms with Gasteiger partial charge in [-0.1, -0.05) is 49.3 Å². The Morgan fingerprint density at radius 2 is 1.80 bits per heavy atom. The van der Waals surface area contributed by atoms with Gasteiger partial charge in [-0.25, -0.2) is 22.6 Å². The second kappa shape index (κ2) is 15.6. The summed E-state index contributed by atoms with van der Waals surface area (Å²) in [6.45, 7) is 0.790. The van der Waals surface area contributed by atoms with Gasteiger partial charge in [0, 0.05) is 36.4 Å². The topological polar surface area (TPSA) is 167 Å². The van der Waals surface area contributed by atoms with Crippen LogP contribution in [0, 0.1) is 11.7 Å². The number of amides is 4. The zero-order valence-electron chi connectivity index (χ0n) is 30.8. The van der Waals surface area contributed by atoms with Crippen LogP contribution in [0.2, 0.25) is 0 Å². The highest BCUT2D eigenvalue weighted by Crippen LogP contribution is 2.46. The average molecular weight is 805 g/mol. The summed E-state index contributed by atoms with van der Waals surface area (Å²) in [5.41, 5.74) is 2.03. The first-order valence-electron chi connectivity index (χ1n) is 19.3. The van der Waals surface area contributed by atoms with Gasteiger partial charge < -0.3 is 25.2 Å². The monoisotopic (exact) mass is 804 g/mol. The van der Waals surface area contributed by atoms with Crippen molar-refractivity contribution in [2.45, 2.75) is 99.7 Å². The molecule has 5 aliphatic rings. The van der Waals surface area contributed by atoms with Crippen LogP contribution in [0.25, 0.3) is 11.3 Å². The Kier molecular flexibility index (Phi) is 10.6. The summed E-state index contributed by atoms with van der Waals surface area (Å²) in [5, 5.41) is 7.85. The third-order valence-corrected chi connectivity index (χ3v) is 14.0. The number of sulfonamides is 1. The number of fused-ring (bicyclic) bond motifs is 3. The number of anilines is 1. The van der Waals surface area contributed by atoms with E-state index in [4.69, 9.17) is 4.74 Å². The predicted molar refractivity (Wildman–Crippen MR) is 207 cm³/mol. The molecule has 4 amide bonds. The molecule has 3 aromatic rings. The van der Waals surface area contributed by atoms with E-state index in [1.54, 1.807) is 17.0 Å². The highest BCUT2D eigenvalue weighted by atomic mass is 32.2. The van der Waals surface area contributed by atoms with Crippen LogP contribution in [0.3, 0.4) is 0 Å². The van der Waals surface area contributed by atoms with Crippen molar-refractivity contribution in [1.82, 2.24) is 24.8 Å². The second-order valence-corrected chi connectivity index (χ2v) is 18.3. The van der Waals surface area contributed by atoms with E-state index >= 15 is 0 Å². The minimum atomic E-state index is -3.89. The molecule has 1 aromatic heterocycles. The fourth-order valence-corrected chi connectivity index (χ4v) is 10.1. The van der Waals surface area contributed by atoms with Gasteiger partial charge in [0.05, 0.1) is 17.5 Å². The number of rotatable bonds is 7. The van der Waals surface area contributed by atoms with Crippen LogP contribution in [-0.2, 0) is 42.1 Å². The SMILES string of the molecule is O=C1N[C@]2(C(=O)NS(=O)(=O)C3CC3)C[C@H]2/C=C\CCCCC[C@H](Nc2nc(-c3ccc(F)cc3)cs2)C(=O)N2C[C@H](OC(=O)N3CCc4ccccc4C3)C[C@@H]12. The number of carbonyl (C=O) groups excluding carboxylic acids is 4. The van der Waals surface area contributed by atoms with E-state index in [0.29, 0.717) is 62.4 Å². The van der Waals surface area contributed by atoms with Gasteiger partial charge in [0.25, 0.3) is 5.91 Å². The number of benzene rings is 2. The van der Waals surface area contributed by atoms with Gasteiger partial charge >= 0.3 is 6.09 Å². The van der Waals surface area contributed by atoms with Crippen LogP contribution in [0.15, 0.2) is 66.1 Å². The Hall–Kier alpha value is -4.83. The minimum absolute atomic E-state index is 0.00892.